The van der Waals surface area contributed by atoms with Gasteiger partial charge in [-0.25, -0.2) is 4.98 Å². The van der Waals surface area contributed by atoms with Gasteiger partial charge in [-0.15, -0.1) is 12.4 Å². The summed E-state index contributed by atoms with van der Waals surface area (Å²) in [6.45, 7) is 0. The molecule has 0 radical (unpaired) electrons. The highest BCUT2D eigenvalue weighted by Crippen LogP contribution is 2.40. The normalized spacial score (nSPS) is 12.0. The van der Waals surface area contributed by atoms with Gasteiger partial charge < -0.3 is 15.4 Å². The molecule has 0 aliphatic heterocycles. The van der Waals surface area contributed by atoms with E-state index in [1.54, 1.807) is 0 Å². The molecule has 5 nitrogen and oxygen atoms in total. The molecule has 1 atom stereocenters. The lowest BCUT2D eigenvalue weighted by Crippen LogP contribution is -2.37. The molecule has 32 heavy (non-hydrogen) atoms. The van der Waals surface area contributed by atoms with Crippen molar-refractivity contribution in [2.24, 2.45) is 5.73 Å². The van der Waals surface area contributed by atoms with Crippen molar-refractivity contribution in [1.82, 2.24) is 9.55 Å². The van der Waals surface area contributed by atoms with Gasteiger partial charge in [-0.3, -0.25) is 4.79 Å². The van der Waals surface area contributed by atoms with E-state index in [1.807, 2.05) is 67.1 Å². The predicted molar refractivity (Wildman–Crippen MR) is 128 cm³/mol. The maximum atomic E-state index is 11.1. The second-order valence-electron chi connectivity index (χ2n) is 7.56. The van der Waals surface area contributed by atoms with Crippen molar-refractivity contribution in [1.29, 1.82) is 0 Å². The fraction of sp³-hybridized carbons (Fsp3) is 0.154. The van der Waals surface area contributed by atoms with E-state index in [2.05, 4.69) is 45.9 Å². The Labute approximate surface area is 194 Å². The van der Waals surface area contributed by atoms with Gasteiger partial charge in [0.25, 0.3) is 0 Å². The predicted octanol–water partition coefficient (Wildman–Crippen LogP) is 4.49. The SMILES string of the molecule is Cl.N[C@H](CCc1cn(C(c2ccccc2)(c2ccccc2)c2ccccc2)cn1)C(=O)O. The number of hydrogen-bond acceptors (Lipinski definition) is 3. The van der Waals surface area contributed by atoms with Crippen LogP contribution >= 0.6 is 12.4 Å². The molecule has 0 saturated carbocycles. The first-order chi connectivity index (χ1) is 15.1. The lowest BCUT2D eigenvalue weighted by Gasteiger charge is -2.37. The first kappa shape index (κ1) is 23.3. The summed E-state index contributed by atoms with van der Waals surface area (Å²) in [6, 6.07) is 30.1. The summed E-state index contributed by atoms with van der Waals surface area (Å²) < 4.78 is 2.12. The Morgan fingerprint density at radius 3 is 1.72 bits per heavy atom. The van der Waals surface area contributed by atoms with Gasteiger partial charge in [0.15, 0.2) is 0 Å². The monoisotopic (exact) mass is 447 g/mol. The third-order valence-electron chi connectivity index (χ3n) is 5.63. The van der Waals surface area contributed by atoms with Crippen molar-refractivity contribution in [2.45, 2.75) is 24.4 Å². The Morgan fingerprint density at radius 1 is 0.875 bits per heavy atom. The van der Waals surface area contributed by atoms with Crippen molar-refractivity contribution in [3.05, 3.63) is 126 Å². The van der Waals surface area contributed by atoms with Crippen LogP contribution in [0.5, 0.6) is 0 Å². The largest absolute Gasteiger partial charge is 0.480 e. The summed E-state index contributed by atoms with van der Waals surface area (Å²) in [6.07, 6.45) is 4.66. The van der Waals surface area contributed by atoms with Gasteiger partial charge in [0.1, 0.15) is 11.6 Å². The minimum absolute atomic E-state index is 0. The topological polar surface area (TPSA) is 81.1 Å². The van der Waals surface area contributed by atoms with Gasteiger partial charge in [-0.2, -0.15) is 0 Å². The molecule has 4 rings (SSSR count). The molecule has 0 saturated heterocycles. The summed E-state index contributed by atoms with van der Waals surface area (Å²) in [4.78, 5) is 15.7. The van der Waals surface area contributed by atoms with Crippen LogP contribution in [0.1, 0.15) is 28.8 Å². The molecule has 0 bridgehead atoms. The van der Waals surface area contributed by atoms with Gasteiger partial charge >= 0.3 is 5.97 Å². The minimum atomic E-state index is -0.994. The van der Waals surface area contributed by atoms with Crippen LogP contribution < -0.4 is 5.73 Å². The lowest BCUT2D eigenvalue weighted by atomic mass is 9.77. The lowest BCUT2D eigenvalue weighted by molar-refractivity contribution is -0.138. The first-order valence-corrected chi connectivity index (χ1v) is 10.3. The number of hydrogen-bond donors (Lipinski definition) is 2. The van der Waals surface area contributed by atoms with Crippen LogP contribution in [0.15, 0.2) is 104 Å². The molecule has 0 unspecified atom stereocenters. The van der Waals surface area contributed by atoms with Crippen molar-refractivity contribution in [3.63, 3.8) is 0 Å². The van der Waals surface area contributed by atoms with Crippen LogP contribution in [0.25, 0.3) is 0 Å². The number of carboxylic acid groups (broad SMARTS) is 1. The molecule has 3 N–H and O–H groups in total. The smallest absolute Gasteiger partial charge is 0.320 e. The maximum absolute atomic E-state index is 11.1. The zero-order valence-electron chi connectivity index (χ0n) is 17.5. The average molecular weight is 448 g/mol. The number of benzene rings is 3. The molecule has 164 valence electrons. The van der Waals surface area contributed by atoms with E-state index in [0.717, 1.165) is 22.4 Å². The Balaban J connectivity index is 0.00000289. The highest BCUT2D eigenvalue weighted by atomic mass is 35.5. The fourth-order valence-electron chi connectivity index (χ4n) is 4.09. The molecule has 0 fully saturated rings. The van der Waals surface area contributed by atoms with Crippen LogP contribution in [0.4, 0.5) is 0 Å². The van der Waals surface area contributed by atoms with E-state index in [9.17, 15) is 4.79 Å². The molecule has 3 aromatic carbocycles. The second-order valence-corrected chi connectivity index (χ2v) is 7.56. The number of nitrogens with two attached hydrogens (primary N) is 1. The number of imidazole rings is 1. The number of aliphatic carboxylic acids is 1. The van der Waals surface area contributed by atoms with E-state index in [0.29, 0.717) is 12.8 Å². The van der Waals surface area contributed by atoms with E-state index >= 15 is 0 Å². The number of halogens is 1. The van der Waals surface area contributed by atoms with Crippen molar-refractivity contribution < 1.29 is 9.90 Å². The molecule has 0 amide bonds. The fourth-order valence-corrected chi connectivity index (χ4v) is 4.09. The highest BCUT2D eigenvalue weighted by molar-refractivity contribution is 5.85. The number of nitrogens with zero attached hydrogens (tertiary/aromatic N) is 2. The Hall–Kier alpha value is -3.41. The molecular formula is C26H26ClN3O2. The van der Waals surface area contributed by atoms with E-state index < -0.39 is 17.6 Å². The number of rotatable bonds is 8. The Kier molecular flexibility index (Phi) is 7.46. The highest BCUT2D eigenvalue weighted by Gasteiger charge is 2.38. The molecule has 4 aromatic rings. The standard InChI is InChI=1S/C26H25N3O2.ClH/c27-24(25(30)31)17-16-23-18-29(19-28-23)26(20-10-4-1-5-11-20,21-12-6-2-7-13-21)22-14-8-3-9-15-22;/h1-15,18-19,24H,16-17,27H2,(H,30,31);1H/t24-;/m1./s1. The summed E-state index contributed by atoms with van der Waals surface area (Å²) in [5, 5.41) is 9.09. The zero-order valence-corrected chi connectivity index (χ0v) is 18.4. The van der Waals surface area contributed by atoms with Crippen LogP contribution in [0, 0.1) is 0 Å². The average Bonchev–Trinajstić information content (AvgIpc) is 3.29. The molecule has 1 aromatic heterocycles. The van der Waals surface area contributed by atoms with Gasteiger partial charge in [0.2, 0.25) is 0 Å². The van der Waals surface area contributed by atoms with Crippen molar-refractivity contribution >= 4 is 18.4 Å². The van der Waals surface area contributed by atoms with Crippen LogP contribution in [0.3, 0.4) is 0 Å². The van der Waals surface area contributed by atoms with Gasteiger partial charge in [0.05, 0.1) is 12.0 Å². The van der Waals surface area contributed by atoms with Crippen LogP contribution in [-0.4, -0.2) is 26.7 Å². The minimum Gasteiger partial charge on any atom is -0.480 e. The maximum Gasteiger partial charge on any atom is 0.320 e. The van der Waals surface area contributed by atoms with Crippen LogP contribution in [-0.2, 0) is 16.8 Å². The van der Waals surface area contributed by atoms with E-state index in [-0.39, 0.29) is 12.4 Å². The van der Waals surface area contributed by atoms with Gasteiger partial charge in [-0.1, -0.05) is 91.0 Å². The Morgan fingerprint density at radius 2 is 1.31 bits per heavy atom. The van der Waals surface area contributed by atoms with Crippen molar-refractivity contribution in [3.8, 4) is 0 Å². The third kappa shape index (κ3) is 4.44. The van der Waals surface area contributed by atoms with Crippen LogP contribution in [0.2, 0.25) is 0 Å². The number of carboxylic acids is 1. The zero-order chi connectivity index (χ0) is 21.7. The molecule has 0 aliphatic carbocycles. The molecule has 0 spiro atoms. The second kappa shape index (κ2) is 10.3. The summed E-state index contributed by atoms with van der Waals surface area (Å²) in [7, 11) is 0. The van der Waals surface area contributed by atoms with E-state index in [4.69, 9.17) is 10.8 Å². The molecule has 6 heteroatoms. The quantitative estimate of drug-likeness (QED) is 0.390. The number of aryl methyl sites for hydroxylation is 1. The van der Waals surface area contributed by atoms with Gasteiger partial charge in [0, 0.05) is 6.20 Å². The molecule has 1 heterocycles. The Bertz CT molecular complexity index is 1030. The molecular weight excluding hydrogens is 422 g/mol. The summed E-state index contributed by atoms with van der Waals surface area (Å²) in [5.41, 5.74) is 9.21. The summed E-state index contributed by atoms with van der Waals surface area (Å²) in [5.74, 6) is -0.994. The summed E-state index contributed by atoms with van der Waals surface area (Å²) >= 11 is 0. The molecule has 0 aliphatic rings. The van der Waals surface area contributed by atoms with E-state index in [1.165, 1.54) is 0 Å². The third-order valence-corrected chi connectivity index (χ3v) is 5.63. The number of carbonyl (C=O) groups is 1. The number of aromatic nitrogens is 2. The van der Waals surface area contributed by atoms with Gasteiger partial charge in [-0.05, 0) is 29.5 Å². The first-order valence-electron chi connectivity index (χ1n) is 10.3. The van der Waals surface area contributed by atoms with Crippen molar-refractivity contribution in [2.75, 3.05) is 0 Å².